The maximum absolute atomic E-state index is 13.0. The summed E-state index contributed by atoms with van der Waals surface area (Å²) in [6.07, 6.45) is 0. The second-order valence-electron chi connectivity index (χ2n) is 2.77. The molecule has 0 saturated heterocycles. The molecule has 0 unspecified atom stereocenters. The van der Waals surface area contributed by atoms with Gasteiger partial charge in [0, 0.05) is 0 Å². The largest absolute Gasteiger partial charge is 0.423 e. The number of esters is 1. The SMILES string of the molecule is COS(=O)(=O)CC(=O)Oc1ccccc1F. The predicted molar refractivity (Wildman–Crippen MR) is 52.8 cm³/mol. The summed E-state index contributed by atoms with van der Waals surface area (Å²) in [4.78, 5) is 11.1. The van der Waals surface area contributed by atoms with Crippen LogP contribution in [-0.2, 0) is 19.1 Å². The van der Waals surface area contributed by atoms with Gasteiger partial charge in [-0.15, -0.1) is 0 Å². The highest BCUT2D eigenvalue weighted by atomic mass is 32.2. The third kappa shape index (κ3) is 3.59. The van der Waals surface area contributed by atoms with Crippen LogP contribution < -0.4 is 4.74 Å². The van der Waals surface area contributed by atoms with Gasteiger partial charge in [0.1, 0.15) is 0 Å². The molecule has 0 fully saturated rings. The number of benzene rings is 1. The summed E-state index contributed by atoms with van der Waals surface area (Å²) in [7, 11) is -3.03. The molecule has 0 bridgehead atoms. The number of halogens is 1. The average molecular weight is 248 g/mol. The lowest BCUT2D eigenvalue weighted by molar-refractivity contribution is -0.131. The van der Waals surface area contributed by atoms with Crippen LogP contribution in [-0.4, -0.2) is 27.2 Å². The molecule has 5 nitrogen and oxygen atoms in total. The summed E-state index contributed by atoms with van der Waals surface area (Å²) in [5.74, 6) is -3.13. The van der Waals surface area contributed by atoms with Gasteiger partial charge >= 0.3 is 5.97 Å². The third-order valence-electron chi connectivity index (χ3n) is 1.61. The van der Waals surface area contributed by atoms with Crippen LogP contribution in [0.15, 0.2) is 24.3 Å². The van der Waals surface area contributed by atoms with Gasteiger partial charge in [0.15, 0.2) is 17.3 Å². The van der Waals surface area contributed by atoms with E-state index in [9.17, 15) is 17.6 Å². The van der Waals surface area contributed by atoms with Crippen LogP contribution in [0.25, 0.3) is 0 Å². The fourth-order valence-electron chi connectivity index (χ4n) is 0.883. The molecule has 0 heterocycles. The quantitative estimate of drug-likeness (QED) is 0.446. The van der Waals surface area contributed by atoms with Gasteiger partial charge in [-0.05, 0) is 12.1 Å². The van der Waals surface area contributed by atoms with Crippen molar-refractivity contribution in [1.82, 2.24) is 0 Å². The first-order valence-electron chi connectivity index (χ1n) is 4.18. The van der Waals surface area contributed by atoms with Crippen LogP contribution in [0.1, 0.15) is 0 Å². The van der Waals surface area contributed by atoms with E-state index in [0.29, 0.717) is 0 Å². The van der Waals surface area contributed by atoms with E-state index in [1.165, 1.54) is 18.2 Å². The molecule has 0 radical (unpaired) electrons. The number of hydrogen-bond acceptors (Lipinski definition) is 5. The highest BCUT2D eigenvalue weighted by molar-refractivity contribution is 7.87. The maximum Gasteiger partial charge on any atom is 0.329 e. The second kappa shape index (κ2) is 5.04. The van der Waals surface area contributed by atoms with E-state index in [0.717, 1.165) is 13.2 Å². The highest BCUT2D eigenvalue weighted by Crippen LogP contribution is 2.15. The summed E-state index contributed by atoms with van der Waals surface area (Å²) in [5, 5.41) is 0. The first-order valence-corrected chi connectivity index (χ1v) is 5.76. The monoisotopic (exact) mass is 248 g/mol. The van der Waals surface area contributed by atoms with E-state index in [-0.39, 0.29) is 5.75 Å². The number of carbonyl (C=O) groups excluding carboxylic acids is 1. The Hall–Kier alpha value is -1.47. The van der Waals surface area contributed by atoms with E-state index in [4.69, 9.17) is 0 Å². The Labute approximate surface area is 91.9 Å². The average Bonchev–Trinajstić information content (AvgIpc) is 2.21. The smallest absolute Gasteiger partial charge is 0.329 e. The molecule has 0 atom stereocenters. The summed E-state index contributed by atoms with van der Waals surface area (Å²) in [6.45, 7) is 0. The standard InChI is InChI=1S/C9H9FO5S/c1-14-16(12,13)6-9(11)15-8-5-3-2-4-7(8)10/h2-5H,6H2,1H3. The first kappa shape index (κ1) is 12.6. The Bertz CT molecular complexity index is 482. The van der Waals surface area contributed by atoms with Crippen molar-refractivity contribution in [2.45, 2.75) is 0 Å². The van der Waals surface area contributed by atoms with Gasteiger partial charge in [-0.1, -0.05) is 12.1 Å². The first-order chi connectivity index (χ1) is 7.44. The highest BCUT2D eigenvalue weighted by Gasteiger charge is 2.18. The number of hydrogen-bond donors (Lipinski definition) is 0. The van der Waals surface area contributed by atoms with Gasteiger partial charge in [-0.3, -0.25) is 8.98 Å². The van der Waals surface area contributed by atoms with Gasteiger partial charge in [0.05, 0.1) is 7.11 Å². The molecule has 88 valence electrons. The Morgan fingerprint density at radius 2 is 2.00 bits per heavy atom. The van der Waals surface area contributed by atoms with Crippen molar-refractivity contribution in [2.24, 2.45) is 0 Å². The van der Waals surface area contributed by atoms with Gasteiger partial charge in [-0.25, -0.2) is 4.39 Å². The van der Waals surface area contributed by atoms with Crippen LogP contribution >= 0.6 is 0 Å². The Morgan fingerprint density at radius 3 is 2.56 bits per heavy atom. The molecular weight excluding hydrogens is 239 g/mol. The summed E-state index contributed by atoms with van der Waals surface area (Å²) < 4.78 is 43.3. The third-order valence-corrected chi connectivity index (χ3v) is 2.71. The van der Waals surface area contributed by atoms with E-state index in [1.54, 1.807) is 0 Å². The van der Waals surface area contributed by atoms with Crippen molar-refractivity contribution in [3.05, 3.63) is 30.1 Å². The van der Waals surface area contributed by atoms with Gasteiger partial charge < -0.3 is 4.74 Å². The van der Waals surface area contributed by atoms with Crippen molar-refractivity contribution < 1.29 is 26.5 Å². The molecule has 0 amide bonds. The minimum atomic E-state index is -3.95. The lowest BCUT2D eigenvalue weighted by Crippen LogP contribution is -2.22. The fourth-order valence-corrected chi connectivity index (χ4v) is 1.35. The Morgan fingerprint density at radius 1 is 1.38 bits per heavy atom. The van der Waals surface area contributed by atoms with Crippen molar-refractivity contribution in [2.75, 3.05) is 12.9 Å². The van der Waals surface area contributed by atoms with E-state index < -0.39 is 27.7 Å². The summed E-state index contributed by atoms with van der Waals surface area (Å²) >= 11 is 0. The minimum Gasteiger partial charge on any atom is -0.423 e. The number of ether oxygens (including phenoxy) is 1. The zero-order valence-electron chi connectivity index (χ0n) is 8.34. The van der Waals surface area contributed by atoms with Gasteiger partial charge in [0.2, 0.25) is 0 Å². The predicted octanol–water partition coefficient (Wildman–Crippen LogP) is 0.707. The van der Waals surface area contributed by atoms with Crippen molar-refractivity contribution in [3.63, 3.8) is 0 Å². The molecule has 7 heteroatoms. The second-order valence-corrected chi connectivity index (χ2v) is 4.51. The van der Waals surface area contributed by atoms with Crippen LogP contribution in [0, 0.1) is 5.82 Å². The fraction of sp³-hybridized carbons (Fsp3) is 0.222. The molecule has 0 saturated carbocycles. The van der Waals surface area contributed by atoms with Gasteiger partial charge in [0.25, 0.3) is 10.1 Å². The van der Waals surface area contributed by atoms with Crippen LogP contribution in [0.4, 0.5) is 4.39 Å². The number of para-hydroxylation sites is 1. The van der Waals surface area contributed by atoms with Crippen LogP contribution in [0.5, 0.6) is 5.75 Å². The van der Waals surface area contributed by atoms with Crippen molar-refractivity contribution >= 4 is 16.1 Å². The summed E-state index contributed by atoms with van der Waals surface area (Å²) in [6, 6.07) is 5.18. The molecular formula is C9H9FO5S. The van der Waals surface area contributed by atoms with Crippen LogP contribution in [0.2, 0.25) is 0 Å². The van der Waals surface area contributed by atoms with E-state index >= 15 is 0 Å². The molecule has 0 aliphatic heterocycles. The normalized spacial score (nSPS) is 11.1. The zero-order valence-corrected chi connectivity index (χ0v) is 9.16. The molecule has 1 aromatic rings. The molecule has 0 N–H and O–H groups in total. The topological polar surface area (TPSA) is 69.7 Å². The molecule has 1 aromatic carbocycles. The minimum absolute atomic E-state index is 0.321. The van der Waals surface area contributed by atoms with E-state index in [1.807, 2.05) is 0 Å². The van der Waals surface area contributed by atoms with Crippen LogP contribution in [0.3, 0.4) is 0 Å². The van der Waals surface area contributed by atoms with Crippen molar-refractivity contribution in [3.8, 4) is 5.75 Å². The Balaban J connectivity index is 2.70. The van der Waals surface area contributed by atoms with E-state index in [2.05, 4.69) is 8.92 Å². The molecule has 1 rings (SSSR count). The summed E-state index contributed by atoms with van der Waals surface area (Å²) in [5.41, 5.74) is 0. The molecule has 16 heavy (non-hydrogen) atoms. The lowest BCUT2D eigenvalue weighted by Gasteiger charge is -2.04. The molecule has 0 spiro atoms. The Kier molecular flexibility index (Phi) is 3.97. The molecule has 0 aliphatic carbocycles. The van der Waals surface area contributed by atoms with Gasteiger partial charge in [-0.2, -0.15) is 8.42 Å². The molecule has 0 aliphatic rings. The number of rotatable bonds is 4. The lowest BCUT2D eigenvalue weighted by atomic mass is 10.3. The zero-order chi connectivity index (χ0) is 12.2. The molecule has 0 aromatic heterocycles. The van der Waals surface area contributed by atoms with Crippen molar-refractivity contribution in [1.29, 1.82) is 0 Å². The maximum atomic E-state index is 13.0. The number of carbonyl (C=O) groups is 1.